The van der Waals surface area contributed by atoms with Gasteiger partial charge in [0.25, 0.3) is 0 Å². The molecule has 0 amide bonds. The summed E-state index contributed by atoms with van der Waals surface area (Å²) in [5.74, 6) is 0.997. The minimum Gasteiger partial charge on any atom is -0.444 e. The molecular formula is C24H29FIN5O2. The van der Waals surface area contributed by atoms with E-state index in [1.54, 1.807) is 25.4 Å². The van der Waals surface area contributed by atoms with E-state index in [-0.39, 0.29) is 35.8 Å². The van der Waals surface area contributed by atoms with Gasteiger partial charge >= 0.3 is 0 Å². The van der Waals surface area contributed by atoms with Crippen LogP contribution in [0.3, 0.4) is 0 Å². The molecule has 1 atom stereocenters. The summed E-state index contributed by atoms with van der Waals surface area (Å²) >= 11 is 0. The molecule has 1 saturated heterocycles. The number of guanidine groups is 1. The number of halogens is 2. The molecule has 1 aromatic heterocycles. The summed E-state index contributed by atoms with van der Waals surface area (Å²) in [5.41, 5.74) is 2.64. The quantitative estimate of drug-likeness (QED) is 0.258. The normalized spacial score (nSPS) is 15.5. The molecule has 7 nitrogen and oxygen atoms in total. The average molecular weight is 565 g/mol. The topological polar surface area (TPSA) is 74.9 Å². The standard InChI is InChI=1S/C24H28FN5O2.HI/c1-26-24(27-15-21-17-32-23(29-21)18-6-3-2-4-7-18)28-16-22(30-10-12-31-13-11-30)19-8-5-9-20(25)14-19;/h2-9,14,17,22H,10-13,15-16H2,1H3,(H2,26,27,28);1H. The van der Waals surface area contributed by atoms with Crippen LogP contribution in [-0.4, -0.2) is 55.7 Å². The Balaban J connectivity index is 0.00000306. The van der Waals surface area contributed by atoms with Crippen molar-refractivity contribution in [3.63, 3.8) is 0 Å². The zero-order valence-electron chi connectivity index (χ0n) is 18.5. The Kier molecular flexibility index (Phi) is 9.64. The van der Waals surface area contributed by atoms with Crippen molar-refractivity contribution < 1.29 is 13.5 Å². The Morgan fingerprint density at radius 1 is 1.12 bits per heavy atom. The van der Waals surface area contributed by atoms with Gasteiger partial charge in [-0.2, -0.15) is 0 Å². The van der Waals surface area contributed by atoms with Gasteiger partial charge in [0.15, 0.2) is 5.96 Å². The zero-order chi connectivity index (χ0) is 22.2. The molecule has 2 N–H and O–H groups in total. The van der Waals surface area contributed by atoms with Crippen LogP contribution in [-0.2, 0) is 11.3 Å². The van der Waals surface area contributed by atoms with Gasteiger partial charge in [0.05, 0.1) is 31.5 Å². The summed E-state index contributed by atoms with van der Waals surface area (Å²) in [5, 5.41) is 6.64. The Hall–Kier alpha value is -2.50. The van der Waals surface area contributed by atoms with Crippen LogP contribution < -0.4 is 10.6 Å². The SMILES string of the molecule is CN=C(NCc1coc(-c2ccccc2)n1)NCC(c1cccc(F)c1)N1CCOCC1.I. The van der Waals surface area contributed by atoms with Crippen LogP contribution in [0, 0.1) is 5.82 Å². The van der Waals surface area contributed by atoms with E-state index < -0.39 is 0 Å². The second-order valence-electron chi connectivity index (χ2n) is 7.54. The second-order valence-corrected chi connectivity index (χ2v) is 7.54. The summed E-state index contributed by atoms with van der Waals surface area (Å²) in [6, 6.07) is 16.6. The Labute approximate surface area is 210 Å². The number of rotatable bonds is 7. The van der Waals surface area contributed by atoms with E-state index in [0.29, 0.717) is 38.2 Å². The fraction of sp³-hybridized carbons (Fsp3) is 0.333. The van der Waals surface area contributed by atoms with Crippen molar-refractivity contribution in [1.82, 2.24) is 20.5 Å². The largest absolute Gasteiger partial charge is 0.444 e. The summed E-state index contributed by atoms with van der Waals surface area (Å²) in [4.78, 5) is 11.2. The minimum atomic E-state index is -0.233. The molecule has 2 heterocycles. The number of nitrogens with zero attached hydrogens (tertiary/aromatic N) is 3. The fourth-order valence-corrected chi connectivity index (χ4v) is 3.75. The lowest BCUT2D eigenvalue weighted by Gasteiger charge is -2.35. The zero-order valence-corrected chi connectivity index (χ0v) is 20.9. The van der Waals surface area contributed by atoms with Crippen LogP contribution >= 0.6 is 24.0 Å². The molecule has 1 aliphatic rings. The van der Waals surface area contributed by atoms with E-state index in [1.165, 1.54) is 6.07 Å². The third-order valence-electron chi connectivity index (χ3n) is 5.42. The highest BCUT2D eigenvalue weighted by atomic mass is 127. The van der Waals surface area contributed by atoms with Gasteiger partial charge in [0.2, 0.25) is 5.89 Å². The maximum absolute atomic E-state index is 13.9. The van der Waals surface area contributed by atoms with Gasteiger partial charge in [-0.25, -0.2) is 9.37 Å². The molecule has 2 aromatic carbocycles. The number of aromatic nitrogens is 1. The van der Waals surface area contributed by atoms with Gasteiger partial charge in [-0.05, 0) is 29.8 Å². The van der Waals surface area contributed by atoms with E-state index in [0.717, 1.165) is 29.9 Å². The van der Waals surface area contributed by atoms with E-state index in [4.69, 9.17) is 9.15 Å². The third kappa shape index (κ3) is 6.99. The molecule has 9 heteroatoms. The molecule has 0 saturated carbocycles. The summed E-state index contributed by atoms with van der Waals surface area (Å²) in [7, 11) is 1.72. The van der Waals surface area contributed by atoms with Gasteiger partial charge in [-0.15, -0.1) is 24.0 Å². The van der Waals surface area contributed by atoms with Crippen molar-refractivity contribution in [3.05, 3.63) is 77.9 Å². The Morgan fingerprint density at radius 2 is 1.91 bits per heavy atom. The first kappa shape index (κ1) is 25.1. The van der Waals surface area contributed by atoms with Gasteiger partial charge in [-0.3, -0.25) is 9.89 Å². The number of aliphatic imine (C=N–C) groups is 1. The number of benzene rings is 2. The van der Waals surface area contributed by atoms with Crippen LogP contribution in [0.1, 0.15) is 17.3 Å². The predicted molar refractivity (Wildman–Crippen MR) is 137 cm³/mol. The summed E-state index contributed by atoms with van der Waals surface area (Å²) < 4.78 is 25.0. The first-order chi connectivity index (χ1) is 15.7. The molecule has 0 aliphatic carbocycles. The molecule has 1 aliphatic heterocycles. The van der Waals surface area contributed by atoms with Gasteiger partial charge in [0.1, 0.15) is 12.1 Å². The maximum Gasteiger partial charge on any atom is 0.226 e. The van der Waals surface area contributed by atoms with Crippen molar-refractivity contribution >= 4 is 29.9 Å². The molecule has 176 valence electrons. The molecule has 1 fully saturated rings. The lowest BCUT2D eigenvalue weighted by atomic mass is 10.0. The molecular weight excluding hydrogens is 536 g/mol. The highest BCUT2D eigenvalue weighted by Crippen LogP contribution is 2.22. The Morgan fingerprint density at radius 3 is 2.64 bits per heavy atom. The van der Waals surface area contributed by atoms with Crippen molar-refractivity contribution in [2.24, 2.45) is 4.99 Å². The maximum atomic E-state index is 13.9. The minimum absolute atomic E-state index is 0. The molecule has 0 spiro atoms. The molecule has 33 heavy (non-hydrogen) atoms. The van der Waals surface area contributed by atoms with E-state index in [9.17, 15) is 4.39 Å². The predicted octanol–water partition coefficient (Wildman–Crippen LogP) is 3.84. The number of hydrogen-bond donors (Lipinski definition) is 2. The van der Waals surface area contributed by atoms with Crippen molar-refractivity contribution in [2.45, 2.75) is 12.6 Å². The fourth-order valence-electron chi connectivity index (χ4n) is 3.75. The smallest absolute Gasteiger partial charge is 0.226 e. The molecule has 0 radical (unpaired) electrons. The lowest BCUT2D eigenvalue weighted by Crippen LogP contribution is -2.46. The van der Waals surface area contributed by atoms with Crippen molar-refractivity contribution in [2.75, 3.05) is 39.9 Å². The van der Waals surface area contributed by atoms with E-state index in [2.05, 4.69) is 25.5 Å². The lowest BCUT2D eigenvalue weighted by molar-refractivity contribution is 0.0169. The van der Waals surface area contributed by atoms with Gasteiger partial charge < -0.3 is 19.8 Å². The molecule has 0 bridgehead atoms. The van der Waals surface area contributed by atoms with Gasteiger partial charge in [-0.1, -0.05) is 30.3 Å². The van der Waals surface area contributed by atoms with E-state index in [1.807, 2.05) is 36.4 Å². The monoisotopic (exact) mass is 565 g/mol. The van der Waals surface area contributed by atoms with Crippen LogP contribution in [0.25, 0.3) is 11.5 Å². The van der Waals surface area contributed by atoms with Crippen molar-refractivity contribution in [3.8, 4) is 11.5 Å². The highest BCUT2D eigenvalue weighted by Gasteiger charge is 2.23. The van der Waals surface area contributed by atoms with Crippen LogP contribution in [0.4, 0.5) is 4.39 Å². The van der Waals surface area contributed by atoms with Crippen molar-refractivity contribution in [1.29, 1.82) is 0 Å². The number of morpholine rings is 1. The third-order valence-corrected chi connectivity index (χ3v) is 5.42. The number of ether oxygens (including phenoxy) is 1. The highest BCUT2D eigenvalue weighted by molar-refractivity contribution is 14.0. The van der Waals surface area contributed by atoms with Crippen LogP contribution in [0.5, 0.6) is 0 Å². The van der Waals surface area contributed by atoms with Gasteiger partial charge in [0, 0.05) is 32.2 Å². The molecule has 3 aromatic rings. The van der Waals surface area contributed by atoms with Crippen LogP contribution in [0.15, 0.2) is 70.3 Å². The number of hydrogen-bond acceptors (Lipinski definition) is 5. The first-order valence-electron chi connectivity index (χ1n) is 10.7. The number of nitrogens with one attached hydrogen (secondary N) is 2. The Bertz CT molecular complexity index is 1020. The molecule has 4 rings (SSSR count). The van der Waals surface area contributed by atoms with Crippen LogP contribution in [0.2, 0.25) is 0 Å². The van der Waals surface area contributed by atoms with E-state index >= 15 is 0 Å². The average Bonchev–Trinajstić information content (AvgIpc) is 3.32. The second kappa shape index (κ2) is 12.7. The summed E-state index contributed by atoms with van der Waals surface area (Å²) in [6.07, 6.45) is 1.64. The number of oxazole rings is 1. The first-order valence-corrected chi connectivity index (χ1v) is 10.7. The molecule has 1 unspecified atom stereocenters. The summed E-state index contributed by atoms with van der Waals surface area (Å²) in [6.45, 7) is 4.00.